The summed E-state index contributed by atoms with van der Waals surface area (Å²) in [6.07, 6.45) is 15.7. The van der Waals surface area contributed by atoms with Crippen LogP contribution in [0.4, 0.5) is 0 Å². The van der Waals surface area contributed by atoms with Crippen molar-refractivity contribution in [2.24, 2.45) is 47.3 Å². The lowest BCUT2D eigenvalue weighted by molar-refractivity contribution is -0.238. The van der Waals surface area contributed by atoms with Gasteiger partial charge in [-0.3, -0.25) is 14.5 Å². The van der Waals surface area contributed by atoms with Crippen LogP contribution in [0.15, 0.2) is 60.7 Å². The molecule has 49 heavy (non-hydrogen) atoms. The van der Waals surface area contributed by atoms with Crippen LogP contribution in [0.1, 0.15) is 106 Å². The molecule has 0 aromatic heterocycles. The van der Waals surface area contributed by atoms with Crippen LogP contribution in [0.2, 0.25) is 0 Å². The summed E-state index contributed by atoms with van der Waals surface area (Å²) in [4.78, 5) is 38.8. The van der Waals surface area contributed by atoms with Crippen molar-refractivity contribution in [3.63, 3.8) is 0 Å². The van der Waals surface area contributed by atoms with E-state index in [4.69, 9.17) is 0 Å². The van der Waals surface area contributed by atoms with Crippen LogP contribution >= 0.6 is 0 Å². The normalized spacial score (nSPS) is 50.3. The molecule has 10 aliphatic rings. The zero-order valence-corrected chi connectivity index (χ0v) is 28.9. The Morgan fingerprint density at radius 2 is 0.857 bits per heavy atom. The van der Waals surface area contributed by atoms with Gasteiger partial charge in [-0.15, -0.1) is 0 Å². The minimum atomic E-state index is 0.236. The van der Waals surface area contributed by atoms with Crippen molar-refractivity contribution < 1.29 is 9.59 Å². The molecule has 5 heteroatoms. The third kappa shape index (κ3) is 3.72. The van der Waals surface area contributed by atoms with Gasteiger partial charge in [0, 0.05) is 36.0 Å². The molecule has 5 aliphatic carbocycles. The van der Waals surface area contributed by atoms with E-state index in [1.807, 2.05) is 0 Å². The van der Waals surface area contributed by atoms with Crippen molar-refractivity contribution in [1.29, 1.82) is 0 Å². The Bertz CT molecular complexity index is 1540. The second-order valence-corrected chi connectivity index (χ2v) is 18.7. The van der Waals surface area contributed by atoms with Gasteiger partial charge in [0.05, 0.1) is 18.1 Å². The minimum absolute atomic E-state index is 0.236. The SMILES string of the molecule is O=C1C2CCCCC2C2CC3C4CCCCC4C(=O)N4C5CC(c6ccccc6)CC6C7CC(c8ccccc8)CC8C7N(C65)C(C2N18)C34. The summed E-state index contributed by atoms with van der Waals surface area (Å²) in [7, 11) is 0. The fourth-order valence-corrected chi connectivity index (χ4v) is 16.1. The van der Waals surface area contributed by atoms with Crippen LogP contribution in [0.5, 0.6) is 0 Å². The number of rotatable bonds is 2. The first-order valence-electron chi connectivity index (χ1n) is 20.7. The van der Waals surface area contributed by atoms with Crippen molar-refractivity contribution in [3.8, 4) is 0 Å². The Labute approximate surface area is 292 Å². The first kappa shape index (κ1) is 29.0. The molecule has 12 rings (SSSR count). The predicted octanol–water partition coefficient (Wildman–Crippen LogP) is 7.23. The lowest BCUT2D eigenvalue weighted by Gasteiger charge is -2.74. The lowest BCUT2D eigenvalue weighted by atomic mass is 9.51. The van der Waals surface area contributed by atoms with Gasteiger partial charge in [0.25, 0.3) is 0 Å². The van der Waals surface area contributed by atoms with Crippen LogP contribution in [0.25, 0.3) is 0 Å². The van der Waals surface area contributed by atoms with E-state index in [1.165, 1.54) is 68.9 Å². The molecule has 5 nitrogen and oxygen atoms in total. The maximum absolute atomic E-state index is 15.2. The molecular formula is C44H53N3O2. The third-order valence-electron chi connectivity index (χ3n) is 17.3. The highest BCUT2D eigenvalue weighted by molar-refractivity contribution is 5.83. The zero-order valence-electron chi connectivity index (χ0n) is 28.9. The number of hydrogen-bond acceptors (Lipinski definition) is 3. The number of piperidine rings is 2. The van der Waals surface area contributed by atoms with E-state index in [-0.39, 0.29) is 11.8 Å². The number of amides is 2. The molecule has 10 fully saturated rings. The second-order valence-electron chi connectivity index (χ2n) is 18.7. The largest absolute Gasteiger partial charge is 0.333 e. The Balaban J connectivity index is 1.07. The molecule has 5 heterocycles. The molecule has 0 N–H and O–H groups in total. The monoisotopic (exact) mass is 655 g/mol. The molecule has 0 spiro atoms. The van der Waals surface area contributed by atoms with Gasteiger partial charge in [0.1, 0.15) is 0 Å². The van der Waals surface area contributed by atoms with Crippen molar-refractivity contribution in [3.05, 3.63) is 71.8 Å². The van der Waals surface area contributed by atoms with Gasteiger partial charge in [-0.05, 0) is 116 Å². The van der Waals surface area contributed by atoms with E-state index < -0.39 is 0 Å². The molecule has 5 saturated heterocycles. The molecule has 0 radical (unpaired) electrons. The summed E-state index contributed by atoms with van der Waals surface area (Å²) in [5.41, 5.74) is 2.97. The van der Waals surface area contributed by atoms with Gasteiger partial charge in [0.15, 0.2) is 0 Å². The number of nitrogens with zero attached hydrogens (tertiary/aromatic N) is 3. The molecule has 5 aliphatic heterocycles. The minimum Gasteiger partial charge on any atom is -0.333 e. The number of hydrogen-bond donors (Lipinski definition) is 0. The number of carbonyl (C=O) groups excluding carboxylic acids is 2. The Morgan fingerprint density at radius 1 is 0.429 bits per heavy atom. The summed E-state index contributed by atoms with van der Waals surface area (Å²) in [6, 6.07) is 25.2. The van der Waals surface area contributed by atoms with E-state index in [0.29, 0.717) is 101 Å². The Kier molecular flexibility index (Phi) is 6.18. The Morgan fingerprint density at radius 3 is 1.33 bits per heavy atom. The number of piperazine rings is 2. The average molecular weight is 656 g/mol. The second kappa shape index (κ2) is 10.5. The molecule has 2 aromatic carbocycles. The number of carbonyl (C=O) groups is 2. The maximum atomic E-state index is 15.2. The van der Waals surface area contributed by atoms with Crippen molar-refractivity contribution in [2.75, 3.05) is 0 Å². The van der Waals surface area contributed by atoms with Crippen LogP contribution < -0.4 is 0 Å². The van der Waals surface area contributed by atoms with E-state index in [0.717, 1.165) is 25.7 Å². The van der Waals surface area contributed by atoms with Gasteiger partial charge in [-0.25, -0.2) is 0 Å². The first-order valence-corrected chi connectivity index (χ1v) is 20.7. The quantitative estimate of drug-likeness (QED) is 0.343. The van der Waals surface area contributed by atoms with Crippen molar-refractivity contribution in [1.82, 2.24) is 14.7 Å². The maximum Gasteiger partial charge on any atom is 0.226 e. The molecule has 2 aromatic rings. The molecule has 16 atom stereocenters. The third-order valence-corrected chi connectivity index (χ3v) is 17.3. The lowest BCUT2D eigenvalue weighted by Crippen LogP contribution is -2.86. The standard InChI is InChI=1S/C44H53N3O2/c48-43-30-17-9-7-15-28(30)34-23-35-29-16-8-10-18-31(29)44(49)46-37-22-27(25-13-5-2-6-14-25)20-33-32-19-26(24-11-3-1-4-12-24)21-36-38(32)47(39(33)37)42(41(35)46)40(34)45(36)43/h1-6,11-14,26-42H,7-10,15-23H2. The molecular weight excluding hydrogens is 603 g/mol. The van der Waals surface area contributed by atoms with Gasteiger partial charge >= 0.3 is 0 Å². The summed E-state index contributed by atoms with van der Waals surface area (Å²) in [5.74, 6) is 6.04. The Hall–Kier alpha value is -2.66. The highest BCUT2D eigenvalue weighted by Crippen LogP contribution is 2.67. The van der Waals surface area contributed by atoms with E-state index >= 15 is 9.59 Å². The molecule has 0 bridgehead atoms. The number of fused-ring (bicyclic) bond motifs is 7. The highest BCUT2D eigenvalue weighted by Gasteiger charge is 2.75. The highest BCUT2D eigenvalue weighted by atomic mass is 16.2. The fourth-order valence-electron chi connectivity index (χ4n) is 16.1. The van der Waals surface area contributed by atoms with Gasteiger partial charge in [0.2, 0.25) is 11.8 Å². The summed E-state index contributed by atoms with van der Waals surface area (Å²) >= 11 is 0. The molecule has 16 unspecified atom stereocenters. The average Bonchev–Trinajstić information content (AvgIpc) is 3.50. The van der Waals surface area contributed by atoms with Gasteiger partial charge < -0.3 is 9.80 Å². The molecule has 5 saturated carbocycles. The van der Waals surface area contributed by atoms with Crippen LogP contribution in [0.3, 0.4) is 0 Å². The molecule has 256 valence electrons. The molecule has 2 amide bonds. The van der Waals surface area contributed by atoms with Crippen LogP contribution in [-0.2, 0) is 9.59 Å². The fraction of sp³-hybridized carbons (Fsp3) is 0.682. The zero-order chi connectivity index (χ0) is 32.1. The van der Waals surface area contributed by atoms with Crippen LogP contribution in [0, 0.1) is 47.3 Å². The van der Waals surface area contributed by atoms with E-state index in [2.05, 4.69) is 75.4 Å². The topological polar surface area (TPSA) is 43.9 Å². The first-order chi connectivity index (χ1) is 24.2. The number of benzene rings is 2. The predicted molar refractivity (Wildman–Crippen MR) is 188 cm³/mol. The van der Waals surface area contributed by atoms with Crippen molar-refractivity contribution >= 4 is 11.8 Å². The van der Waals surface area contributed by atoms with Crippen molar-refractivity contribution in [2.45, 2.75) is 138 Å². The summed E-state index contributed by atoms with van der Waals surface area (Å²) < 4.78 is 0. The van der Waals surface area contributed by atoms with Gasteiger partial charge in [-0.2, -0.15) is 0 Å². The van der Waals surface area contributed by atoms with Gasteiger partial charge in [-0.1, -0.05) is 86.3 Å². The summed E-state index contributed by atoms with van der Waals surface area (Å²) in [6.45, 7) is 0. The van der Waals surface area contributed by atoms with Crippen LogP contribution in [-0.4, -0.2) is 68.8 Å². The van der Waals surface area contributed by atoms with E-state index in [9.17, 15) is 0 Å². The smallest absolute Gasteiger partial charge is 0.226 e. The summed E-state index contributed by atoms with van der Waals surface area (Å²) in [5, 5.41) is 0. The van der Waals surface area contributed by atoms with E-state index in [1.54, 1.807) is 0 Å².